The number of hydrogen-bond donors (Lipinski definition) is 0. The molecule has 0 spiro atoms. The molecule has 0 saturated carbocycles. The van der Waals surface area contributed by atoms with Gasteiger partial charge in [-0.05, 0) is 75.4 Å². The number of halogens is 1. The van der Waals surface area contributed by atoms with Gasteiger partial charge in [0.15, 0.2) is 5.13 Å². The van der Waals surface area contributed by atoms with Gasteiger partial charge in [-0.2, -0.15) is 5.10 Å². The molecule has 2 aromatic carbocycles. The first kappa shape index (κ1) is 26.2. The molecule has 0 aliphatic rings. The molecule has 0 radical (unpaired) electrons. The van der Waals surface area contributed by atoms with Crippen LogP contribution in [0.1, 0.15) is 35.6 Å². The maximum Gasteiger partial charge on any atom is 0.270 e. The number of amides is 1. The Kier molecular flexibility index (Phi) is 7.97. The highest BCUT2D eigenvalue weighted by atomic mass is 32.1. The highest BCUT2D eigenvalue weighted by molar-refractivity contribution is 7.20. The fourth-order valence-corrected chi connectivity index (χ4v) is 6.44. The number of thiazole rings is 1. The van der Waals surface area contributed by atoms with E-state index in [1.54, 1.807) is 17.0 Å². The van der Waals surface area contributed by atoms with Gasteiger partial charge in [0.2, 0.25) is 0 Å². The number of carbonyl (C=O) groups excluding carboxylic acids is 1. The summed E-state index contributed by atoms with van der Waals surface area (Å²) >= 11 is 2.89. The van der Waals surface area contributed by atoms with Gasteiger partial charge in [0.05, 0.1) is 22.0 Å². The molecule has 1 amide bonds. The molecular weight excluding hydrogens is 517 g/mol. The standard InChI is InChI=1S/C29H30FN5OS2/c1-4-33(5-2)16-9-17-34(29-31-25(19-37-29)21-12-14-22(30)15-13-21)27(36)26-18-24-20(3)32-35(28(24)38-26)23-10-7-6-8-11-23/h6-8,10-15,18-19H,4-5,9,16-17H2,1-3H3. The van der Waals surface area contributed by atoms with Crippen molar-refractivity contribution in [2.75, 3.05) is 31.1 Å². The Morgan fingerprint density at radius 2 is 1.76 bits per heavy atom. The second-order valence-corrected chi connectivity index (χ2v) is 10.9. The van der Waals surface area contributed by atoms with Crippen LogP contribution in [0, 0.1) is 12.7 Å². The molecule has 0 N–H and O–H groups in total. The third-order valence-corrected chi connectivity index (χ3v) is 8.58. The van der Waals surface area contributed by atoms with E-state index in [0.29, 0.717) is 16.6 Å². The number of benzene rings is 2. The third kappa shape index (κ3) is 5.41. The lowest BCUT2D eigenvalue weighted by Crippen LogP contribution is -2.34. The van der Waals surface area contributed by atoms with E-state index in [9.17, 15) is 9.18 Å². The zero-order valence-corrected chi connectivity index (χ0v) is 23.4. The van der Waals surface area contributed by atoms with E-state index in [2.05, 4.69) is 18.7 Å². The average Bonchev–Trinajstić information content (AvgIpc) is 3.67. The average molecular weight is 548 g/mol. The minimum absolute atomic E-state index is 0.0650. The van der Waals surface area contributed by atoms with Crippen LogP contribution in [0.25, 0.3) is 27.2 Å². The molecule has 9 heteroatoms. The fraction of sp³-hybridized carbons (Fsp3) is 0.276. The number of thiophene rings is 1. The summed E-state index contributed by atoms with van der Waals surface area (Å²) in [6, 6.07) is 18.2. The minimum atomic E-state index is -0.286. The van der Waals surface area contributed by atoms with Gasteiger partial charge in [-0.25, -0.2) is 14.1 Å². The number of carbonyl (C=O) groups is 1. The van der Waals surface area contributed by atoms with E-state index in [1.165, 1.54) is 34.8 Å². The van der Waals surface area contributed by atoms with Crippen LogP contribution in [0.2, 0.25) is 0 Å². The first-order chi connectivity index (χ1) is 18.5. The van der Waals surface area contributed by atoms with Crippen molar-refractivity contribution < 1.29 is 9.18 Å². The van der Waals surface area contributed by atoms with E-state index in [-0.39, 0.29) is 11.7 Å². The van der Waals surface area contributed by atoms with Gasteiger partial charge in [0, 0.05) is 22.9 Å². The minimum Gasteiger partial charge on any atom is -0.304 e. The predicted molar refractivity (Wildman–Crippen MR) is 155 cm³/mol. The number of nitrogens with zero attached hydrogens (tertiary/aromatic N) is 5. The van der Waals surface area contributed by atoms with E-state index in [1.807, 2.05) is 53.4 Å². The summed E-state index contributed by atoms with van der Waals surface area (Å²) in [6.45, 7) is 9.69. The number of anilines is 1. The molecule has 5 aromatic rings. The zero-order chi connectivity index (χ0) is 26.6. The van der Waals surface area contributed by atoms with Crippen LogP contribution in [0.3, 0.4) is 0 Å². The molecule has 0 aliphatic heterocycles. The second-order valence-electron chi connectivity index (χ2n) is 9.02. The van der Waals surface area contributed by atoms with Gasteiger partial charge >= 0.3 is 0 Å². The molecule has 3 heterocycles. The van der Waals surface area contributed by atoms with Gasteiger partial charge in [-0.3, -0.25) is 9.69 Å². The Balaban J connectivity index is 1.47. The van der Waals surface area contributed by atoms with Crippen LogP contribution in [-0.4, -0.2) is 51.8 Å². The number of rotatable bonds is 10. The molecule has 0 atom stereocenters. The summed E-state index contributed by atoms with van der Waals surface area (Å²) < 4.78 is 15.3. The van der Waals surface area contributed by atoms with Crippen molar-refractivity contribution in [2.24, 2.45) is 0 Å². The first-order valence-corrected chi connectivity index (χ1v) is 14.5. The van der Waals surface area contributed by atoms with Crippen molar-refractivity contribution in [1.29, 1.82) is 0 Å². The largest absolute Gasteiger partial charge is 0.304 e. The third-order valence-electron chi connectivity index (χ3n) is 6.61. The monoisotopic (exact) mass is 547 g/mol. The molecule has 5 rings (SSSR count). The van der Waals surface area contributed by atoms with E-state index in [4.69, 9.17) is 10.1 Å². The van der Waals surface area contributed by atoms with Crippen LogP contribution >= 0.6 is 22.7 Å². The molecule has 0 saturated heterocycles. The van der Waals surface area contributed by atoms with E-state index in [0.717, 1.165) is 58.9 Å². The van der Waals surface area contributed by atoms with Crippen molar-refractivity contribution in [2.45, 2.75) is 27.2 Å². The van der Waals surface area contributed by atoms with Crippen LogP contribution in [0.15, 0.2) is 66.0 Å². The van der Waals surface area contributed by atoms with Crippen molar-refractivity contribution >= 4 is 43.9 Å². The fourth-order valence-electron chi connectivity index (χ4n) is 4.45. The highest BCUT2D eigenvalue weighted by Gasteiger charge is 2.25. The molecule has 0 aliphatic carbocycles. The predicted octanol–water partition coefficient (Wildman–Crippen LogP) is 7.04. The van der Waals surface area contributed by atoms with Crippen LogP contribution in [0.4, 0.5) is 9.52 Å². The Labute approximate surface area is 230 Å². The van der Waals surface area contributed by atoms with Gasteiger partial charge in [0.25, 0.3) is 5.91 Å². The maximum atomic E-state index is 14.0. The lowest BCUT2D eigenvalue weighted by molar-refractivity contribution is 0.0989. The number of aromatic nitrogens is 3. The summed E-state index contributed by atoms with van der Waals surface area (Å²) in [6.07, 6.45) is 0.834. The Morgan fingerprint density at radius 1 is 1.03 bits per heavy atom. The lowest BCUT2D eigenvalue weighted by atomic mass is 10.2. The van der Waals surface area contributed by atoms with Crippen molar-refractivity contribution in [3.05, 3.63) is 82.4 Å². The van der Waals surface area contributed by atoms with Crippen molar-refractivity contribution in [3.8, 4) is 16.9 Å². The molecule has 6 nitrogen and oxygen atoms in total. The molecule has 0 bridgehead atoms. The Morgan fingerprint density at radius 3 is 2.47 bits per heavy atom. The summed E-state index contributed by atoms with van der Waals surface area (Å²) in [4.78, 5) is 24.5. The van der Waals surface area contributed by atoms with E-state index >= 15 is 0 Å². The Bertz CT molecular complexity index is 1520. The number of fused-ring (bicyclic) bond motifs is 1. The maximum absolute atomic E-state index is 14.0. The summed E-state index contributed by atoms with van der Waals surface area (Å²) in [7, 11) is 0. The summed E-state index contributed by atoms with van der Waals surface area (Å²) in [5, 5.41) is 8.27. The molecule has 196 valence electrons. The van der Waals surface area contributed by atoms with Gasteiger partial charge in [-0.1, -0.05) is 32.0 Å². The highest BCUT2D eigenvalue weighted by Crippen LogP contribution is 2.34. The van der Waals surface area contributed by atoms with Gasteiger partial charge in [-0.15, -0.1) is 22.7 Å². The topological polar surface area (TPSA) is 54.3 Å². The summed E-state index contributed by atoms with van der Waals surface area (Å²) in [5.74, 6) is -0.351. The molecule has 3 aromatic heterocycles. The van der Waals surface area contributed by atoms with E-state index < -0.39 is 0 Å². The lowest BCUT2D eigenvalue weighted by Gasteiger charge is -2.22. The van der Waals surface area contributed by atoms with Crippen LogP contribution in [0.5, 0.6) is 0 Å². The smallest absolute Gasteiger partial charge is 0.270 e. The zero-order valence-electron chi connectivity index (χ0n) is 21.7. The quantitative estimate of drug-likeness (QED) is 0.188. The second kappa shape index (κ2) is 11.6. The SMILES string of the molecule is CCN(CC)CCCN(C(=O)c1cc2c(C)nn(-c3ccccc3)c2s1)c1nc(-c2ccc(F)cc2)cs1. The number of hydrogen-bond acceptors (Lipinski definition) is 6. The first-order valence-electron chi connectivity index (χ1n) is 12.8. The number of aryl methyl sites for hydroxylation is 1. The van der Waals surface area contributed by atoms with Gasteiger partial charge < -0.3 is 4.90 Å². The molecule has 0 unspecified atom stereocenters. The molecule has 38 heavy (non-hydrogen) atoms. The van der Waals surface area contributed by atoms with Crippen molar-refractivity contribution in [1.82, 2.24) is 19.7 Å². The Hall–Kier alpha value is -3.40. The van der Waals surface area contributed by atoms with Crippen molar-refractivity contribution in [3.63, 3.8) is 0 Å². The number of para-hydroxylation sites is 1. The normalized spacial score (nSPS) is 11.5. The van der Waals surface area contributed by atoms with Crippen LogP contribution in [-0.2, 0) is 0 Å². The van der Waals surface area contributed by atoms with Gasteiger partial charge in [0.1, 0.15) is 10.6 Å². The molecular formula is C29H30FN5OS2. The van der Waals surface area contributed by atoms with Crippen LogP contribution < -0.4 is 4.90 Å². The summed E-state index contributed by atoms with van der Waals surface area (Å²) in [5.41, 5.74) is 3.41. The molecule has 0 fully saturated rings.